The third kappa shape index (κ3) is 5.21. The Kier molecular flexibility index (Phi) is 5.38. The predicted molar refractivity (Wildman–Crippen MR) is 60.2 cm³/mol. The quantitative estimate of drug-likeness (QED) is 0.831. The van der Waals surface area contributed by atoms with E-state index in [4.69, 9.17) is 27.9 Å². The lowest BCUT2D eigenvalue weighted by atomic mass is 10.3. The van der Waals surface area contributed by atoms with Crippen molar-refractivity contribution in [3.8, 4) is 5.75 Å². The molecule has 0 fully saturated rings. The first-order chi connectivity index (χ1) is 7.58. The number of carbonyl (C=O) groups is 1. The fourth-order valence-corrected chi connectivity index (χ4v) is 1.12. The fraction of sp³-hybridized carbons (Fsp3) is 0.300. The Morgan fingerprint density at radius 2 is 1.94 bits per heavy atom. The van der Waals surface area contributed by atoms with Gasteiger partial charge < -0.3 is 14.6 Å². The van der Waals surface area contributed by atoms with E-state index >= 15 is 0 Å². The average molecular weight is 265 g/mol. The van der Waals surface area contributed by atoms with E-state index in [1.165, 1.54) is 0 Å². The Hall–Kier alpha value is -0.970. The highest BCUT2D eigenvalue weighted by atomic mass is 35.5. The molecule has 0 aliphatic heterocycles. The molecular formula is C10H10Cl2O4. The number of hydrogen-bond donors (Lipinski definition) is 1. The lowest BCUT2D eigenvalue weighted by Gasteiger charge is -2.11. The van der Waals surface area contributed by atoms with Crippen LogP contribution in [0.5, 0.6) is 5.75 Å². The summed E-state index contributed by atoms with van der Waals surface area (Å²) in [5.41, 5.74) is -0.953. The van der Waals surface area contributed by atoms with E-state index in [1.807, 2.05) is 0 Å². The van der Waals surface area contributed by atoms with E-state index in [0.717, 1.165) is 0 Å². The lowest BCUT2D eigenvalue weighted by Crippen LogP contribution is -2.23. The van der Waals surface area contributed by atoms with Gasteiger partial charge in [0.15, 0.2) is 0 Å². The number of halogens is 2. The molecule has 0 saturated heterocycles. The van der Waals surface area contributed by atoms with Crippen LogP contribution in [0.4, 0.5) is 4.79 Å². The maximum atomic E-state index is 10.2. The van der Waals surface area contributed by atoms with Crippen molar-refractivity contribution in [2.24, 2.45) is 0 Å². The van der Waals surface area contributed by atoms with Crippen LogP contribution >= 0.6 is 23.2 Å². The Bertz CT molecular complexity index is 339. The van der Waals surface area contributed by atoms with Crippen molar-refractivity contribution in [1.82, 2.24) is 0 Å². The van der Waals surface area contributed by atoms with Gasteiger partial charge in [0.05, 0.1) is 0 Å². The Morgan fingerprint density at radius 3 is 2.50 bits per heavy atom. The van der Waals surface area contributed by atoms with Crippen LogP contribution in [-0.4, -0.2) is 29.9 Å². The summed E-state index contributed by atoms with van der Waals surface area (Å²) in [5.74, 6) is 0.570. The number of ether oxygens (including phenoxy) is 2. The summed E-state index contributed by atoms with van der Waals surface area (Å²) in [6.45, 7) is -0.193. The van der Waals surface area contributed by atoms with Crippen LogP contribution < -0.4 is 4.74 Å². The number of aliphatic hydroxyl groups is 1. The molecule has 88 valence electrons. The second kappa shape index (κ2) is 6.58. The highest BCUT2D eigenvalue weighted by Gasteiger charge is 2.07. The molecule has 0 bridgehead atoms. The molecule has 0 heterocycles. The van der Waals surface area contributed by atoms with Gasteiger partial charge in [0.25, 0.3) is 0 Å². The molecule has 0 aliphatic carbocycles. The van der Waals surface area contributed by atoms with Gasteiger partial charge in [-0.2, -0.15) is 0 Å². The summed E-state index contributed by atoms with van der Waals surface area (Å²) >= 11 is 10.6. The Morgan fingerprint density at radius 1 is 1.31 bits per heavy atom. The van der Waals surface area contributed by atoms with Gasteiger partial charge in [0.2, 0.25) is 0 Å². The zero-order valence-corrected chi connectivity index (χ0v) is 9.74. The first-order valence-electron chi connectivity index (χ1n) is 4.46. The van der Waals surface area contributed by atoms with Gasteiger partial charge >= 0.3 is 5.43 Å². The van der Waals surface area contributed by atoms with Crippen molar-refractivity contribution in [1.29, 1.82) is 0 Å². The normalized spacial score (nSPS) is 11.9. The average Bonchev–Trinajstić information content (AvgIpc) is 2.25. The largest absolute Gasteiger partial charge is 0.491 e. The van der Waals surface area contributed by atoms with Crippen LogP contribution in [0, 0.1) is 0 Å². The van der Waals surface area contributed by atoms with E-state index in [1.54, 1.807) is 24.3 Å². The van der Waals surface area contributed by atoms with Crippen molar-refractivity contribution in [2.45, 2.75) is 6.10 Å². The first kappa shape index (κ1) is 13.1. The molecule has 0 saturated carbocycles. The molecule has 6 heteroatoms. The highest BCUT2D eigenvalue weighted by Crippen LogP contribution is 2.15. The van der Waals surface area contributed by atoms with Crippen molar-refractivity contribution in [2.75, 3.05) is 13.2 Å². The molecule has 0 aliphatic rings. The monoisotopic (exact) mass is 264 g/mol. The predicted octanol–water partition coefficient (Wildman–Crippen LogP) is 2.46. The molecule has 0 radical (unpaired) electrons. The lowest BCUT2D eigenvalue weighted by molar-refractivity contribution is 0.0468. The standard InChI is InChI=1S/C10H10Cl2O4/c11-7-1-3-9(4-2-7)15-5-8(13)6-16-10(12)14/h1-4,8,13H,5-6H2. The van der Waals surface area contributed by atoms with Crippen molar-refractivity contribution in [3.05, 3.63) is 29.3 Å². The second-order valence-corrected chi connectivity index (χ2v) is 3.71. The third-order valence-electron chi connectivity index (χ3n) is 1.65. The van der Waals surface area contributed by atoms with E-state index in [2.05, 4.69) is 4.74 Å². The van der Waals surface area contributed by atoms with Crippen LogP contribution in [0.1, 0.15) is 0 Å². The molecule has 0 aromatic heterocycles. The van der Waals surface area contributed by atoms with Gasteiger partial charge in [-0.15, -0.1) is 0 Å². The summed E-state index contributed by atoms with van der Waals surface area (Å²) in [7, 11) is 0. The van der Waals surface area contributed by atoms with Crippen LogP contribution in [0.25, 0.3) is 0 Å². The Labute approximate surface area is 103 Å². The van der Waals surface area contributed by atoms with Crippen molar-refractivity contribution < 1.29 is 19.4 Å². The smallest absolute Gasteiger partial charge is 0.403 e. The summed E-state index contributed by atoms with van der Waals surface area (Å²) < 4.78 is 9.60. The molecule has 4 nitrogen and oxygen atoms in total. The van der Waals surface area contributed by atoms with Crippen LogP contribution in [-0.2, 0) is 4.74 Å². The second-order valence-electron chi connectivity index (χ2n) is 2.97. The minimum atomic E-state index is -0.953. The Balaban J connectivity index is 2.28. The zero-order chi connectivity index (χ0) is 12.0. The van der Waals surface area contributed by atoms with Crippen LogP contribution in [0.3, 0.4) is 0 Å². The van der Waals surface area contributed by atoms with Crippen molar-refractivity contribution >= 4 is 28.6 Å². The van der Waals surface area contributed by atoms with Crippen molar-refractivity contribution in [3.63, 3.8) is 0 Å². The van der Waals surface area contributed by atoms with E-state index < -0.39 is 11.5 Å². The van der Waals surface area contributed by atoms with Gasteiger partial charge in [-0.05, 0) is 24.3 Å². The van der Waals surface area contributed by atoms with E-state index in [9.17, 15) is 9.90 Å². The maximum Gasteiger partial charge on any atom is 0.403 e. The highest BCUT2D eigenvalue weighted by molar-refractivity contribution is 6.61. The molecule has 1 rings (SSSR count). The topological polar surface area (TPSA) is 55.8 Å². The number of benzene rings is 1. The summed E-state index contributed by atoms with van der Waals surface area (Å²) in [6.07, 6.45) is -0.918. The first-order valence-corrected chi connectivity index (χ1v) is 5.22. The van der Waals surface area contributed by atoms with Crippen LogP contribution in [0.2, 0.25) is 5.02 Å². The molecule has 1 aromatic rings. The summed E-state index contributed by atoms with van der Waals surface area (Å²) in [4.78, 5) is 10.2. The molecule has 1 unspecified atom stereocenters. The zero-order valence-electron chi connectivity index (χ0n) is 8.23. The molecular weight excluding hydrogens is 255 g/mol. The molecule has 0 spiro atoms. The maximum absolute atomic E-state index is 10.2. The van der Waals surface area contributed by atoms with E-state index in [-0.39, 0.29) is 13.2 Å². The summed E-state index contributed by atoms with van der Waals surface area (Å²) in [5, 5.41) is 9.93. The molecule has 1 atom stereocenters. The van der Waals surface area contributed by atoms with Gasteiger partial charge in [-0.1, -0.05) is 11.6 Å². The van der Waals surface area contributed by atoms with Crippen LogP contribution in [0.15, 0.2) is 24.3 Å². The third-order valence-corrected chi connectivity index (χ3v) is 2.01. The molecule has 1 N–H and O–H groups in total. The van der Waals surface area contributed by atoms with Gasteiger partial charge in [0.1, 0.15) is 25.1 Å². The van der Waals surface area contributed by atoms with Gasteiger partial charge in [0, 0.05) is 16.6 Å². The number of hydrogen-bond acceptors (Lipinski definition) is 4. The fourth-order valence-electron chi connectivity index (χ4n) is 0.933. The van der Waals surface area contributed by atoms with E-state index in [0.29, 0.717) is 10.8 Å². The number of rotatable bonds is 5. The van der Waals surface area contributed by atoms with Gasteiger partial charge in [-0.25, -0.2) is 4.79 Å². The molecule has 1 aromatic carbocycles. The minimum Gasteiger partial charge on any atom is -0.491 e. The molecule has 0 amide bonds. The van der Waals surface area contributed by atoms with Gasteiger partial charge in [-0.3, -0.25) is 0 Å². The SMILES string of the molecule is O=C(Cl)OCC(O)COc1ccc(Cl)cc1. The minimum absolute atomic E-state index is 0.00576. The number of aliphatic hydroxyl groups excluding tert-OH is 1. The number of carbonyl (C=O) groups excluding carboxylic acids is 1. The summed E-state index contributed by atoms with van der Waals surface area (Å²) in [6, 6.07) is 6.68. The molecule has 16 heavy (non-hydrogen) atoms.